The lowest BCUT2D eigenvalue weighted by Crippen LogP contribution is -2.38. The molecule has 0 radical (unpaired) electrons. The molecule has 8 heteroatoms. The van der Waals surface area contributed by atoms with Crippen molar-refractivity contribution < 1.29 is 32.5 Å². The number of aliphatic hydroxyl groups is 1. The number of alkyl halides is 3. The number of hydrogen-bond donors (Lipinski definition) is 1. The van der Waals surface area contributed by atoms with E-state index in [1.165, 1.54) is 7.11 Å². The van der Waals surface area contributed by atoms with Crippen LogP contribution in [0.25, 0.3) is 0 Å². The zero-order valence-corrected chi connectivity index (χ0v) is 12.8. The molecule has 0 amide bonds. The second kappa shape index (κ2) is 5.76. The highest BCUT2D eigenvalue weighted by Gasteiger charge is 2.43. The zero-order chi connectivity index (χ0) is 16.8. The molecule has 5 nitrogen and oxygen atoms in total. The van der Waals surface area contributed by atoms with Crippen molar-refractivity contribution in [1.29, 1.82) is 0 Å². The number of hydrogen-bond acceptors (Lipinski definition) is 5. The molecule has 0 fully saturated rings. The third kappa shape index (κ3) is 2.81. The maximum atomic E-state index is 12.8. The molecule has 1 aromatic carbocycles. The van der Waals surface area contributed by atoms with Crippen LogP contribution in [-0.2, 0) is 6.42 Å². The van der Waals surface area contributed by atoms with Crippen LogP contribution in [0.15, 0.2) is 6.07 Å². The van der Waals surface area contributed by atoms with Crippen molar-refractivity contribution in [2.45, 2.75) is 31.2 Å². The molecule has 2 atom stereocenters. The number of halogens is 3. The summed E-state index contributed by atoms with van der Waals surface area (Å²) in [6.07, 6.45) is -6.83. The number of aliphatic hydroxyl groups excluding tert-OH is 1. The minimum absolute atomic E-state index is 0.0558. The van der Waals surface area contributed by atoms with Gasteiger partial charge in [-0.25, -0.2) is 0 Å². The molecule has 2 aliphatic rings. The molecule has 2 unspecified atom stereocenters. The second-order valence-corrected chi connectivity index (χ2v) is 5.76. The first-order valence-corrected chi connectivity index (χ1v) is 7.27. The van der Waals surface area contributed by atoms with E-state index in [2.05, 4.69) is 0 Å². The maximum absolute atomic E-state index is 12.8. The molecular formula is C15H18F3NO4. The lowest BCUT2D eigenvalue weighted by atomic mass is 9.88. The summed E-state index contributed by atoms with van der Waals surface area (Å²) in [5, 5.41) is 9.49. The predicted octanol–water partition coefficient (Wildman–Crippen LogP) is 2.27. The summed E-state index contributed by atoms with van der Waals surface area (Å²) in [6.45, 7) is 0.644. The van der Waals surface area contributed by atoms with E-state index in [1.54, 1.807) is 18.0 Å². The first-order valence-electron chi connectivity index (χ1n) is 7.27. The lowest BCUT2D eigenvalue weighted by molar-refractivity contribution is -0.209. The van der Waals surface area contributed by atoms with Crippen LogP contribution < -0.4 is 14.2 Å². The first-order chi connectivity index (χ1) is 10.8. The second-order valence-electron chi connectivity index (χ2n) is 5.76. The van der Waals surface area contributed by atoms with Crippen molar-refractivity contribution in [3.8, 4) is 17.2 Å². The SMILES string of the molecule is COc1c2c(cc3c1C(CC(O)C(F)(F)F)N(C)CC3)OCO2. The van der Waals surface area contributed by atoms with Crippen LogP contribution in [0, 0.1) is 0 Å². The molecule has 128 valence electrons. The Morgan fingerprint density at radius 3 is 2.83 bits per heavy atom. The largest absolute Gasteiger partial charge is 0.492 e. The molecule has 1 aromatic rings. The molecule has 0 spiro atoms. The van der Waals surface area contributed by atoms with E-state index in [0.29, 0.717) is 35.8 Å². The lowest BCUT2D eigenvalue weighted by Gasteiger charge is -2.37. The molecule has 0 aromatic heterocycles. The Hall–Kier alpha value is -1.67. The first kappa shape index (κ1) is 16.2. The third-order valence-electron chi connectivity index (χ3n) is 4.37. The van der Waals surface area contributed by atoms with Gasteiger partial charge in [-0.3, -0.25) is 4.90 Å². The van der Waals surface area contributed by atoms with E-state index in [9.17, 15) is 18.3 Å². The summed E-state index contributed by atoms with van der Waals surface area (Å²) >= 11 is 0. The van der Waals surface area contributed by atoms with Gasteiger partial charge in [-0.05, 0) is 25.1 Å². The van der Waals surface area contributed by atoms with Crippen LogP contribution in [0.2, 0.25) is 0 Å². The van der Waals surface area contributed by atoms with Crippen molar-refractivity contribution in [3.63, 3.8) is 0 Å². The number of nitrogens with zero attached hydrogens (tertiary/aromatic N) is 1. The van der Waals surface area contributed by atoms with Crippen molar-refractivity contribution in [2.24, 2.45) is 0 Å². The normalized spacial score (nSPS) is 21.9. The van der Waals surface area contributed by atoms with E-state index < -0.39 is 24.7 Å². The molecule has 2 aliphatic heterocycles. The Kier molecular flexibility index (Phi) is 4.05. The van der Waals surface area contributed by atoms with Crippen LogP contribution in [0.5, 0.6) is 17.2 Å². The van der Waals surface area contributed by atoms with Gasteiger partial charge in [0.15, 0.2) is 17.6 Å². The molecule has 0 aliphatic carbocycles. The Labute approximate surface area is 131 Å². The average molecular weight is 333 g/mol. The van der Waals surface area contributed by atoms with Gasteiger partial charge in [0, 0.05) is 24.6 Å². The summed E-state index contributed by atoms with van der Waals surface area (Å²) in [7, 11) is 3.18. The summed E-state index contributed by atoms with van der Waals surface area (Å²) < 4.78 is 54.5. The van der Waals surface area contributed by atoms with Crippen LogP contribution in [0.3, 0.4) is 0 Å². The number of ether oxygens (including phenoxy) is 3. The Balaban J connectivity index is 2.04. The van der Waals surface area contributed by atoms with Gasteiger partial charge in [0.1, 0.15) is 0 Å². The standard InChI is InChI=1S/C15H18F3NO4/c1-19-4-3-8-5-10-13(23-7-22-10)14(21-2)12(8)9(19)6-11(20)15(16,17)18/h5,9,11,20H,3-4,6-7H2,1-2H3. The number of benzene rings is 1. The molecule has 0 saturated carbocycles. The fourth-order valence-electron chi connectivity index (χ4n) is 3.17. The van der Waals surface area contributed by atoms with E-state index in [1.807, 2.05) is 0 Å². The number of likely N-dealkylation sites (N-methyl/N-ethyl adjacent to an activating group) is 1. The minimum Gasteiger partial charge on any atom is -0.492 e. The molecule has 1 N–H and O–H groups in total. The molecule has 0 bridgehead atoms. The van der Waals surface area contributed by atoms with Gasteiger partial charge in [-0.1, -0.05) is 0 Å². The van der Waals surface area contributed by atoms with Crippen molar-refractivity contribution in [1.82, 2.24) is 4.90 Å². The van der Waals surface area contributed by atoms with E-state index in [0.717, 1.165) is 5.56 Å². The van der Waals surface area contributed by atoms with Gasteiger partial charge in [0.2, 0.25) is 12.5 Å². The summed E-state index contributed by atoms with van der Waals surface area (Å²) in [6, 6.07) is 1.18. The predicted molar refractivity (Wildman–Crippen MR) is 74.9 cm³/mol. The van der Waals surface area contributed by atoms with Gasteiger partial charge in [0.25, 0.3) is 0 Å². The van der Waals surface area contributed by atoms with Gasteiger partial charge in [0.05, 0.1) is 7.11 Å². The van der Waals surface area contributed by atoms with Gasteiger partial charge >= 0.3 is 6.18 Å². The fourth-order valence-corrected chi connectivity index (χ4v) is 3.17. The van der Waals surface area contributed by atoms with E-state index in [4.69, 9.17) is 14.2 Å². The Bertz CT molecular complexity index is 605. The van der Waals surface area contributed by atoms with Gasteiger partial charge in [-0.2, -0.15) is 13.2 Å². The Morgan fingerprint density at radius 1 is 1.43 bits per heavy atom. The van der Waals surface area contributed by atoms with Crippen molar-refractivity contribution in [2.75, 3.05) is 27.5 Å². The molecule has 2 heterocycles. The quantitative estimate of drug-likeness (QED) is 0.920. The van der Waals surface area contributed by atoms with Crippen LogP contribution in [0.4, 0.5) is 13.2 Å². The van der Waals surface area contributed by atoms with Crippen LogP contribution in [-0.4, -0.2) is 49.8 Å². The maximum Gasteiger partial charge on any atom is 0.414 e. The third-order valence-corrected chi connectivity index (χ3v) is 4.37. The molecule has 3 rings (SSSR count). The number of methoxy groups -OCH3 is 1. The minimum atomic E-state index is -4.65. The number of fused-ring (bicyclic) bond motifs is 2. The summed E-state index contributed by atoms with van der Waals surface area (Å²) in [5.74, 6) is 1.34. The molecule has 0 saturated heterocycles. The smallest absolute Gasteiger partial charge is 0.414 e. The Morgan fingerprint density at radius 2 is 2.17 bits per heavy atom. The van der Waals surface area contributed by atoms with Crippen molar-refractivity contribution >= 4 is 0 Å². The van der Waals surface area contributed by atoms with Gasteiger partial charge in [-0.15, -0.1) is 0 Å². The van der Waals surface area contributed by atoms with E-state index >= 15 is 0 Å². The highest BCUT2D eigenvalue weighted by molar-refractivity contribution is 5.61. The topological polar surface area (TPSA) is 51.2 Å². The van der Waals surface area contributed by atoms with Crippen molar-refractivity contribution in [3.05, 3.63) is 17.2 Å². The average Bonchev–Trinajstić information content (AvgIpc) is 2.94. The summed E-state index contributed by atoms with van der Waals surface area (Å²) in [5.41, 5.74) is 1.50. The van der Waals surface area contributed by atoms with Crippen LogP contribution in [0.1, 0.15) is 23.6 Å². The highest BCUT2D eigenvalue weighted by atomic mass is 19.4. The molecular weight excluding hydrogens is 315 g/mol. The molecule has 23 heavy (non-hydrogen) atoms. The fraction of sp³-hybridized carbons (Fsp3) is 0.600. The highest BCUT2D eigenvalue weighted by Crippen LogP contribution is 2.50. The van der Waals surface area contributed by atoms with Gasteiger partial charge < -0.3 is 19.3 Å². The number of rotatable bonds is 3. The summed E-state index contributed by atoms with van der Waals surface area (Å²) in [4.78, 5) is 1.79. The zero-order valence-electron chi connectivity index (χ0n) is 12.8. The van der Waals surface area contributed by atoms with Crippen LogP contribution >= 0.6 is 0 Å². The monoisotopic (exact) mass is 333 g/mol. The van der Waals surface area contributed by atoms with E-state index in [-0.39, 0.29) is 6.79 Å².